The molecule has 2 saturated heterocycles. The molecule has 2 aliphatic heterocycles. The SMILES string of the molecule is O=C(C1CN(c2ncnc3ccccc23)CCO1)N1CCC(F)(F)CC1. The van der Waals surface area contributed by atoms with Gasteiger partial charge in [-0.3, -0.25) is 4.79 Å². The number of likely N-dealkylation sites (tertiary alicyclic amines) is 1. The lowest BCUT2D eigenvalue weighted by Gasteiger charge is -2.38. The third-order valence-corrected chi connectivity index (χ3v) is 4.97. The van der Waals surface area contributed by atoms with Crippen molar-refractivity contribution in [3.05, 3.63) is 30.6 Å². The fourth-order valence-corrected chi connectivity index (χ4v) is 3.49. The molecule has 1 unspecified atom stereocenters. The second kappa shape index (κ2) is 6.75. The van der Waals surface area contributed by atoms with Crippen LogP contribution in [0.2, 0.25) is 0 Å². The van der Waals surface area contributed by atoms with Crippen LogP contribution in [0, 0.1) is 0 Å². The van der Waals surface area contributed by atoms with E-state index in [-0.39, 0.29) is 31.8 Å². The lowest BCUT2D eigenvalue weighted by molar-refractivity contribution is -0.150. The van der Waals surface area contributed by atoms with E-state index in [4.69, 9.17) is 4.74 Å². The van der Waals surface area contributed by atoms with Gasteiger partial charge in [-0.05, 0) is 12.1 Å². The van der Waals surface area contributed by atoms with Crippen LogP contribution < -0.4 is 4.90 Å². The van der Waals surface area contributed by atoms with E-state index in [1.165, 1.54) is 11.2 Å². The van der Waals surface area contributed by atoms with Gasteiger partial charge in [-0.25, -0.2) is 18.7 Å². The predicted octanol–water partition coefficient (Wildman–Crippen LogP) is 2.09. The summed E-state index contributed by atoms with van der Waals surface area (Å²) in [5.74, 6) is -2.12. The summed E-state index contributed by atoms with van der Waals surface area (Å²) in [5, 5.41) is 0.917. The van der Waals surface area contributed by atoms with E-state index >= 15 is 0 Å². The van der Waals surface area contributed by atoms with Gasteiger partial charge in [0.2, 0.25) is 0 Å². The van der Waals surface area contributed by atoms with E-state index < -0.39 is 12.0 Å². The van der Waals surface area contributed by atoms with Gasteiger partial charge in [0.1, 0.15) is 12.1 Å². The summed E-state index contributed by atoms with van der Waals surface area (Å²) in [6.45, 7) is 1.50. The third kappa shape index (κ3) is 3.33. The maximum atomic E-state index is 13.3. The van der Waals surface area contributed by atoms with Gasteiger partial charge in [-0.15, -0.1) is 0 Å². The predicted molar refractivity (Wildman–Crippen MR) is 92.3 cm³/mol. The maximum Gasteiger partial charge on any atom is 0.253 e. The molecule has 0 saturated carbocycles. The minimum Gasteiger partial charge on any atom is -0.365 e. The van der Waals surface area contributed by atoms with Crippen LogP contribution >= 0.6 is 0 Å². The number of rotatable bonds is 2. The number of fused-ring (bicyclic) bond motifs is 1. The summed E-state index contributed by atoms with van der Waals surface area (Å²) in [5.41, 5.74) is 0.838. The van der Waals surface area contributed by atoms with Crippen LogP contribution in [0.15, 0.2) is 30.6 Å². The van der Waals surface area contributed by atoms with Crippen molar-refractivity contribution in [1.29, 1.82) is 0 Å². The Morgan fingerprint density at radius 1 is 1.15 bits per heavy atom. The number of aromatic nitrogens is 2. The monoisotopic (exact) mass is 362 g/mol. The number of carbonyl (C=O) groups excluding carboxylic acids is 1. The molecule has 6 nitrogen and oxygen atoms in total. The van der Waals surface area contributed by atoms with E-state index in [9.17, 15) is 13.6 Å². The summed E-state index contributed by atoms with van der Waals surface area (Å²) in [7, 11) is 0. The number of amides is 1. The molecule has 3 heterocycles. The van der Waals surface area contributed by atoms with Crippen molar-refractivity contribution >= 4 is 22.6 Å². The van der Waals surface area contributed by atoms with Crippen LogP contribution in [0.25, 0.3) is 10.9 Å². The summed E-state index contributed by atoms with van der Waals surface area (Å²) in [6.07, 6.45) is 0.276. The van der Waals surface area contributed by atoms with Crippen molar-refractivity contribution in [2.75, 3.05) is 37.7 Å². The normalized spacial score (nSPS) is 23.2. The van der Waals surface area contributed by atoms with Crippen molar-refractivity contribution in [2.45, 2.75) is 24.9 Å². The average molecular weight is 362 g/mol. The lowest BCUT2D eigenvalue weighted by atomic mass is 10.1. The molecule has 0 bridgehead atoms. The molecule has 0 spiro atoms. The second-order valence-electron chi connectivity index (χ2n) is 6.70. The van der Waals surface area contributed by atoms with Crippen molar-refractivity contribution in [3.63, 3.8) is 0 Å². The highest BCUT2D eigenvalue weighted by atomic mass is 19.3. The smallest absolute Gasteiger partial charge is 0.253 e. The number of benzene rings is 1. The zero-order valence-corrected chi connectivity index (χ0v) is 14.3. The summed E-state index contributed by atoms with van der Waals surface area (Å²) < 4.78 is 32.3. The first kappa shape index (κ1) is 17.1. The van der Waals surface area contributed by atoms with E-state index in [2.05, 4.69) is 9.97 Å². The van der Waals surface area contributed by atoms with E-state index in [1.807, 2.05) is 29.2 Å². The Morgan fingerprint density at radius 3 is 2.73 bits per heavy atom. The lowest BCUT2D eigenvalue weighted by Crippen LogP contribution is -2.53. The Balaban J connectivity index is 1.50. The highest BCUT2D eigenvalue weighted by Gasteiger charge is 2.38. The Labute approximate surface area is 149 Å². The van der Waals surface area contributed by atoms with Crippen molar-refractivity contribution in [1.82, 2.24) is 14.9 Å². The fourth-order valence-electron chi connectivity index (χ4n) is 3.49. The number of morpholine rings is 1. The van der Waals surface area contributed by atoms with Gasteiger partial charge in [-0.2, -0.15) is 0 Å². The Bertz CT molecular complexity index is 801. The van der Waals surface area contributed by atoms with Gasteiger partial charge >= 0.3 is 0 Å². The molecule has 2 aliphatic rings. The number of anilines is 1. The number of ether oxygens (including phenoxy) is 1. The van der Waals surface area contributed by atoms with E-state index in [0.717, 1.165) is 16.7 Å². The molecule has 2 aromatic rings. The minimum absolute atomic E-state index is 0.0716. The fraction of sp³-hybridized carbons (Fsp3) is 0.500. The Hall–Kier alpha value is -2.35. The number of hydrogen-bond acceptors (Lipinski definition) is 5. The third-order valence-electron chi connectivity index (χ3n) is 4.97. The molecule has 138 valence electrons. The van der Waals surface area contributed by atoms with Crippen LogP contribution in [0.5, 0.6) is 0 Å². The van der Waals surface area contributed by atoms with Gasteiger partial charge in [0.05, 0.1) is 18.7 Å². The van der Waals surface area contributed by atoms with Crippen molar-refractivity contribution in [2.24, 2.45) is 0 Å². The van der Waals surface area contributed by atoms with Crippen molar-refractivity contribution < 1.29 is 18.3 Å². The van der Waals surface area contributed by atoms with Gasteiger partial charge in [0.25, 0.3) is 11.8 Å². The summed E-state index contributed by atoms with van der Waals surface area (Å²) in [4.78, 5) is 24.9. The molecule has 4 rings (SSSR count). The first-order chi connectivity index (χ1) is 12.5. The molecule has 8 heteroatoms. The number of para-hydroxylation sites is 1. The number of alkyl halides is 2. The average Bonchev–Trinajstić information content (AvgIpc) is 2.67. The van der Waals surface area contributed by atoms with Gasteiger partial charge < -0.3 is 14.5 Å². The standard InChI is InChI=1S/C18H20F2N4O2/c19-18(20)5-7-23(8-6-18)17(25)15-11-24(9-10-26-15)16-13-3-1-2-4-14(13)21-12-22-16/h1-4,12,15H,5-11H2. The van der Waals surface area contributed by atoms with Crippen LogP contribution in [0.1, 0.15) is 12.8 Å². The summed E-state index contributed by atoms with van der Waals surface area (Å²) in [6, 6.07) is 7.70. The van der Waals surface area contributed by atoms with Crippen LogP contribution in [0.3, 0.4) is 0 Å². The number of piperidine rings is 1. The molecule has 0 aliphatic carbocycles. The van der Waals surface area contributed by atoms with Gasteiger partial charge in [0, 0.05) is 37.9 Å². The summed E-state index contributed by atoms with van der Waals surface area (Å²) >= 11 is 0. The molecule has 0 N–H and O–H groups in total. The number of carbonyl (C=O) groups is 1. The number of nitrogens with zero attached hydrogens (tertiary/aromatic N) is 4. The maximum absolute atomic E-state index is 13.3. The second-order valence-corrected chi connectivity index (χ2v) is 6.70. The topological polar surface area (TPSA) is 58.6 Å². The molecular formula is C18H20F2N4O2. The van der Waals surface area contributed by atoms with Crippen LogP contribution in [-0.4, -0.2) is 65.6 Å². The molecular weight excluding hydrogens is 342 g/mol. The molecule has 1 atom stereocenters. The van der Waals surface area contributed by atoms with Crippen molar-refractivity contribution in [3.8, 4) is 0 Å². The van der Waals surface area contributed by atoms with E-state index in [1.54, 1.807) is 0 Å². The zero-order chi connectivity index (χ0) is 18.1. The van der Waals surface area contributed by atoms with Crippen LogP contribution in [-0.2, 0) is 9.53 Å². The first-order valence-electron chi connectivity index (χ1n) is 8.76. The first-order valence-corrected chi connectivity index (χ1v) is 8.76. The molecule has 1 aromatic carbocycles. The highest BCUT2D eigenvalue weighted by Crippen LogP contribution is 2.29. The minimum atomic E-state index is -2.67. The van der Waals surface area contributed by atoms with Gasteiger partial charge in [0.15, 0.2) is 6.10 Å². The van der Waals surface area contributed by atoms with Gasteiger partial charge in [-0.1, -0.05) is 12.1 Å². The molecule has 1 amide bonds. The Morgan fingerprint density at radius 2 is 1.92 bits per heavy atom. The molecule has 1 aromatic heterocycles. The van der Waals surface area contributed by atoms with E-state index in [0.29, 0.717) is 19.7 Å². The molecule has 26 heavy (non-hydrogen) atoms. The highest BCUT2D eigenvalue weighted by molar-refractivity contribution is 5.90. The quantitative estimate of drug-likeness (QED) is 0.819. The number of hydrogen-bond donors (Lipinski definition) is 0. The van der Waals surface area contributed by atoms with Crippen LogP contribution in [0.4, 0.5) is 14.6 Å². The molecule has 2 fully saturated rings. The number of halogens is 2. The Kier molecular flexibility index (Phi) is 4.44. The molecule has 0 radical (unpaired) electrons. The zero-order valence-electron chi connectivity index (χ0n) is 14.3. The largest absolute Gasteiger partial charge is 0.365 e.